The van der Waals surface area contributed by atoms with E-state index in [1.807, 2.05) is 28.8 Å². The number of rotatable bonds is 3. The van der Waals surface area contributed by atoms with Crippen LogP contribution in [0.25, 0.3) is 11.0 Å². The molecule has 1 amide bonds. The van der Waals surface area contributed by atoms with Crippen molar-refractivity contribution < 1.29 is 4.79 Å². The number of hydrogen-bond acceptors (Lipinski definition) is 3. The first-order valence-electron chi connectivity index (χ1n) is 7.70. The van der Waals surface area contributed by atoms with Gasteiger partial charge in [-0.1, -0.05) is 18.6 Å². The van der Waals surface area contributed by atoms with Crippen LogP contribution < -0.4 is 11.1 Å². The van der Waals surface area contributed by atoms with E-state index in [0.29, 0.717) is 5.95 Å². The maximum Gasteiger partial charge on any atom is 0.229 e. The molecule has 5 nitrogen and oxygen atoms in total. The molecule has 1 aromatic heterocycles. The summed E-state index contributed by atoms with van der Waals surface area (Å²) in [5.74, 6) is 0.705. The summed E-state index contributed by atoms with van der Waals surface area (Å²) in [5.41, 5.74) is 7.94. The van der Waals surface area contributed by atoms with Gasteiger partial charge in [-0.05, 0) is 38.3 Å². The van der Waals surface area contributed by atoms with E-state index in [-0.39, 0.29) is 17.9 Å². The smallest absolute Gasteiger partial charge is 0.229 e. The van der Waals surface area contributed by atoms with E-state index in [0.717, 1.165) is 43.3 Å². The molecule has 2 atom stereocenters. The Bertz CT molecular complexity index is 649. The largest absolute Gasteiger partial charge is 0.328 e. The van der Waals surface area contributed by atoms with Gasteiger partial charge in [-0.3, -0.25) is 10.1 Å². The van der Waals surface area contributed by atoms with Crippen molar-refractivity contribution >= 4 is 22.9 Å². The molecule has 0 bridgehead atoms. The van der Waals surface area contributed by atoms with E-state index in [1.165, 1.54) is 0 Å². The predicted octanol–water partition coefficient (Wildman–Crippen LogP) is 2.51. The highest BCUT2D eigenvalue weighted by Crippen LogP contribution is 2.25. The van der Waals surface area contributed by atoms with Crippen molar-refractivity contribution in [3.8, 4) is 0 Å². The van der Waals surface area contributed by atoms with Crippen molar-refractivity contribution in [1.82, 2.24) is 9.55 Å². The first-order valence-corrected chi connectivity index (χ1v) is 7.70. The summed E-state index contributed by atoms with van der Waals surface area (Å²) in [6, 6.07) is 8.09. The monoisotopic (exact) mass is 286 g/mol. The van der Waals surface area contributed by atoms with E-state index in [2.05, 4.69) is 17.2 Å². The van der Waals surface area contributed by atoms with Gasteiger partial charge in [-0.25, -0.2) is 4.98 Å². The van der Waals surface area contributed by atoms with Crippen LogP contribution in [0, 0.1) is 5.92 Å². The highest BCUT2D eigenvalue weighted by atomic mass is 16.2. The van der Waals surface area contributed by atoms with Crippen LogP contribution in [0.1, 0.15) is 32.6 Å². The fraction of sp³-hybridized carbons (Fsp3) is 0.500. The molecule has 2 unspecified atom stereocenters. The Hall–Kier alpha value is -1.88. The second-order valence-corrected chi connectivity index (χ2v) is 5.78. The Morgan fingerprint density at radius 3 is 3.00 bits per heavy atom. The summed E-state index contributed by atoms with van der Waals surface area (Å²) in [4.78, 5) is 17.0. The Balaban J connectivity index is 1.82. The molecule has 1 aliphatic rings. The number of para-hydroxylation sites is 2. The lowest BCUT2D eigenvalue weighted by Crippen LogP contribution is -2.34. The van der Waals surface area contributed by atoms with Crippen LogP contribution in [-0.4, -0.2) is 21.5 Å². The van der Waals surface area contributed by atoms with E-state index >= 15 is 0 Å². The van der Waals surface area contributed by atoms with Gasteiger partial charge in [0, 0.05) is 18.5 Å². The van der Waals surface area contributed by atoms with E-state index < -0.39 is 0 Å². The molecular weight excluding hydrogens is 264 g/mol. The number of amides is 1. The molecule has 1 saturated carbocycles. The lowest BCUT2D eigenvalue weighted by molar-refractivity contribution is -0.121. The SMILES string of the molecule is CCn1c(NC(=O)C2CCCC(N)C2)nc2ccccc21. The van der Waals surface area contributed by atoms with Crippen LogP contribution in [-0.2, 0) is 11.3 Å². The molecule has 0 radical (unpaired) electrons. The van der Waals surface area contributed by atoms with Crippen molar-refractivity contribution in [1.29, 1.82) is 0 Å². The number of fused-ring (bicyclic) bond motifs is 1. The van der Waals surface area contributed by atoms with Gasteiger partial charge in [-0.2, -0.15) is 0 Å². The normalized spacial score (nSPS) is 22.4. The van der Waals surface area contributed by atoms with Crippen LogP contribution in [0.4, 0.5) is 5.95 Å². The minimum Gasteiger partial charge on any atom is -0.328 e. The fourth-order valence-electron chi connectivity index (χ4n) is 3.17. The number of aryl methyl sites for hydroxylation is 1. The molecule has 1 heterocycles. The number of aromatic nitrogens is 2. The van der Waals surface area contributed by atoms with Gasteiger partial charge in [-0.15, -0.1) is 0 Å². The van der Waals surface area contributed by atoms with Crippen molar-refractivity contribution in [3.63, 3.8) is 0 Å². The number of nitrogens with one attached hydrogen (secondary N) is 1. The zero-order valence-electron chi connectivity index (χ0n) is 12.4. The van der Waals surface area contributed by atoms with Crippen molar-refractivity contribution in [3.05, 3.63) is 24.3 Å². The Morgan fingerprint density at radius 2 is 2.24 bits per heavy atom. The third-order valence-electron chi connectivity index (χ3n) is 4.29. The number of nitrogens with two attached hydrogens (primary N) is 1. The van der Waals surface area contributed by atoms with Gasteiger partial charge in [0.1, 0.15) is 0 Å². The molecule has 0 aliphatic heterocycles. The van der Waals surface area contributed by atoms with Gasteiger partial charge in [0.05, 0.1) is 11.0 Å². The lowest BCUT2D eigenvalue weighted by Gasteiger charge is -2.25. The Kier molecular flexibility index (Phi) is 3.92. The fourth-order valence-corrected chi connectivity index (χ4v) is 3.17. The summed E-state index contributed by atoms with van der Waals surface area (Å²) in [7, 11) is 0. The third-order valence-corrected chi connectivity index (χ3v) is 4.29. The van der Waals surface area contributed by atoms with Gasteiger partial charge in [0.2, 0.25) is 11.9 Å². The second kappa shape index (κ2) is 5.85. The van der Waals surface area contributed by atoms with E-state index in [9.17, 15) is 4.79 Å². The van der Waals surface area contributed by atoms with Crippen LogP contribution in [0.2, 0.25) is 0 Å². The van der Waals surface area contributed by atoms with Crippen LogP contribution in [0.3, 0.4) is 0 Å². The maximum absolute atomic E-state index is 12.4. The molecule has 21 heavy (non-hydrogen) atoms. The summed E-state index contributed by atoms with van der Waals surface area (Å²) in [5, 5.41) is 3.00. The van der Waals surface area contributed by atoms with Gasteiger partial charge in [0.25, 0.3) is 0 Å². The van der Waals surface area contributed by atoms with E-state index in [1.54, 1.807) is 0 Å². The molecule has 1 aromatic carbocycles. The minimum atomic E-state index is 0.0128. The zero-order valence-corrected chi connectivity index (χ0v) is 12.4. The molecule has 3 N–H and O–H groups in total. The van der Waals surface area contributed by atoms with Crippen molar-refractivity contribution in [2.45, 2.75) is 45.2 Å². The first kappa shape index (κ1) is 14.1. The van der Waals surface area contributed by atoms with Crippen molar-refractivity contribution in [2.75, 3.05) is 5.32 Å². The van der Waals surface area contributed by atoms with Crippen molar-refractivity contribution in [2.24, 2.45) is 11.7 Å². The third kappa shape index (κ3) is 2.78. The number of imidazole rings is 1. The highest BCUT2D eigenvalue weighted by molar-refractivity contribution is 5.93. The topological polar surface area (TPSA) is 72.9 Å². The van der Waals surface area contributed by atoms with Crippen LogP contribution in [0.5, 0.6) is 0 Å². The number of anilines is 1. The second-order valence-electron chi connectivity index (χ2n) is 5.78. The van der Waals surface area contributed by atoms with Crippen LogP contribution in [0.15, 0.2) is 24.3 Å². The molecule has 3 rings (SSSR count). The molecule has 5 heteroatoms. The van der Waals surface area contributed by atoms with Crippen LogP contribution >= 0.6 is 0 Å². The lowest BCUT2D eigenvalue weighted by atomic mass is 9.85. The zero-order chi connectivity index (χ0) is 14.8. The maximum atomic E-state index is 12.4. The number of nitrogens with zero attached hydrogens (tertiary/aromatic N) is 2. The highest BCUT2D eigenvalue weighted by Gasteiger charge is 2.26. The number of hydrogen-bond donors (Lipinski definition) is 2. The Morgan fingerprint density at radius 1 is 1.43 bits per heavy atom. The minimum absolute atomic E-state index is 0.0128. The molecule has 1 aliphatic carbocycles. The average molecular weight is 286 g/mol. The summed E-state index contributed by atoms with van der Waals surface area (Å²) in [6.07, 6.45) is 3.75. The number of carbonyl (C=O) groups is 1. The quantitative estimate of drug-likeness (QED) is 0.910. The molecule has 2 aromatic rings. The van der Waals surface area contributed by atoms with Gasteiger partial charge >= 0.3 is 0 Å². The number of benzene rings is 1. The molecular formula is C16H22N4O. The summed E-state index contributed by atoms with van der Waals surface area (Å²) in [6.45, 7) is 2.83. The average Bonchev–Trinajstić information content (AvgIpc) is 2.84. The molecule has 112 valence electrons. The molecule has 0 saturated heterocycles. The number of carbonyl (C=O) groups excluding carboxylic acids is 1. The molecule has 1 fully saturated rings. The Labute approximate surface area is 124 Å². The van der Waals surface area contributed by atoms with Gasteiger partial charge < -0.3 is 10.3 Å². The predicted molar refractivity (Wildman–Crippen MR) is 84.0 cm³/mol. The summed E-state index contributed by atoms with van der Waals surface area (Å²) < 4.78 is 2.04. The first-order chi connectivity index (χ1) is 10.2. The summed E-state index contributed by atoms with van der Waals surface area (Å²) >= 11 is 0. The van der Waals surface area contributed by atoms with E-state index in [4.69, 9.17) is 5.73 Å². The van der Waals surface area contributed by atoms with Gasteiger partial charge in [0.15, 0.2) is 0 Å². The molecule has 0 spiro atoms. The standard InChI is InChI=1S/C16H22N4O/c1-2-20-14-9-4-3-8-13(14)18-16(20)19-15(21)11-6-5-7-12(17)10-11/h3-4,8-9,11-12H,2,5-7,10,17H2,1H3,(H,18,19,21).